The predicted octanol–water partition coefficient (Wildman–Crippen LogP) is 7.70. The summed E-state index contributed by atoms with van der Waals surface area (Å²) in [7, 11) is 0. The molecule has 0 aliphatic heterocycles. The molecule has 0 bridgehead atoms. The summed E-state index contributed by atoms with van der Waals surface area (Å²) in [5.74, 6) is -0.784. The number of aryl methyl sites for hydroxylation is 1. The van der Waals surface area contributed by atoms with Crippen LogP contribution < -0.4 is 10.2 Å². The summed E-state index contributed by atoms with van der Waals surface area (Å²) in [4.78, 5) is 9.28. The van der Waals surface area contributed by atoms with Gasteiger partial charge in [0.05, 0.1) is 17.1 Å². The fourth-order valence-electron chi connectivity index (χ4n) is 3.50. The van der Waals surface area contributed by atoms with E-state index in [1.54, 1.807) is 6.07 Å². The van der Waals surface area contributed by atoms with Gasteiger partial charge in [0.1, 0.15) is 0 Å². The van der Waals surface area contributed by atoms with E-state index in [4.69, 9.17) is 4.99 Å². The molecule has 0 unspecified atom stereocenters. The first-order chi connectivity index (χ1) is 17.1. The molecule has 0 spiro atoms. The van der Waals surface area contributed by atoms with Crippen LogP contribution in [0.15, 0.2) is 88.8 Å². The molecule has 3 aromatic carbocycles. The number of para-hydroxylation sites is 2. The third-order valence-electron chi connectivity index (χ3n) is 5.51. The molecule has 0 aliphatic carbocycles. The van der Waals surface area contributed by atoms with Gasteiger partial charge < -0.3 is 10.2 Å². The van der Waals surface area contributed by atoms with E-state index in [-0.39, 0.29) is 22.2 Å². The van der Waals surface area contributed by atoms with Gasteiger partial charge in [-0.05, 0) is 55.5 Å². The van der Waals surface area contributed by atoms with Crippen LogP contribution in [-0.4, -0.2) is 11.9 Å². The van der Waals surface area contributed by atoms with Crippen molar-refractivity contribution in [1.29, 1.82) is 0 Å². The minimum atomic E-state index is -0.403. The maximum absolute atomic E-state index is 11.0. The first-order valence-electron chi connectivity index (χ1n) is 12.8. The smallest absolute Gasteiger partial charge is 0.873 e. The predicted molar refractivity (Wildman–Crippen MR) is 145 cm³/mol. The van der Waals surface area contributed by atoms with Crippen molar-refractivity contribution in [2.45, 2.75) is 71.6 Å². The van der Waals surface area contributed by atoms with Crippen LogP contribution in [0, 0.1) is 0 Å². The molecule has 194 valence electrons. The quantitative estimate of drug-likeness (QED) is 0.137. The number of hydrogen-bond donors (Lipinski definition) is 0. The van der Waals surface area contributed by atoms with Crippen LogP contribution in [0.3, 0.4) is 0 Å². The van der Waals surface area contributed by atoms with Crippen LogP contribution in [-0.2, 0) is 22.9 Å². The summed E-state index contributed by atoms with van der Waals surface area (Å²) in [5.41, 5.74) is 3.99. The zero-order valence-corrected chi connectivity index (χ0v) is 22.5. The van der Waals surface area contributed by atoms with Crippen molar-refractivity contribution in [2.24, 2.45) is 9.98 Å². The first kappa shape index (κ1) is 31.1. The summed E-state index contributed by atoms with van der Waals surface area (Å²) >= 11 is 0. The van der Waals surface area contributed by atoms with E-state index in [1.165, 1.54) is 50.7 Å². The molecule has 0 amide bonds. The van der Waals surface area contributed by atoms with Crippen molar-refractivity contribution in [3.63, 3.8) is 0 Å². The fourth-order valence-corrected chi connectivity index (χ4v) is 3.50. The Hall–Kier alpha value is -2.91. The average molecular weight is 529 g/mol. The van der Waals surface area contributed by atoms with Crippen molar-refractivity contribution in [3.8, 4) is 11.5 Å². The van der Waals surface area contributed by atoms with Crippen LogP contribution in [0.2, 0.25) is 0 Å². The van der Waals surface area contributed by atoms with Gasteiger partial charge in [-0.1, -0.05) is 101 Å². The van der Waals surface area contributed by atoms with Gasteiger partial charge in [-0.2, -0.15) is 0 Å². The summed E-state index contributed by atoms with van der Waals surface area (Å²) < 4.78 is 0. The maximum atomic E-state index is 11.0. The van der Waals surface area contributed by atoms with Crippen molar-refractivity contribution < 1.29 is 26.7 Å². The van der Waals surface area contributed by atoms with E-state index in [0.717, 1.165) is 41.9 Å². The minimum Gasteiger partial charge on any atom is -0.873 e. The Balaban J connectivity index is 0.000000397. The monoisotopic (exact) mass is 528 g/mol. The second-order valence-electron chi connectivity index (χ2n) is 8.58. The van der Waals surface area contributed by atoms with E-state index < -0.39 is 5.75 Å². The van der Waals surface area contributed by atoms with Crippen LogP contribution >= 0.6 is 0 Å². The molecule has 0 fully saturated rings. The number of benzene rings is 3. The first-order valence-corrected chi connectivity index (χ1v) is 12.8. The Morgan fingerprint density at radius 2 is 1.31 bits per heavy atom. The number of nitrogens with zero attached hydrogens (tertiary/aromatic N) is 2. The molecule has 0 aromatic heterocycles. The summed E-state index contributed by atoms with van der Waals surface area (Å²) in [6.45, 7) is 4.37. The van der Waals surface area contributed by atoms with Crippen molar-refractivity contribution in [3.05, 3.63) is 84.4 Å². The average Bonchev–Trinajstić information content (AvgIpc) is 2.89. The van der Waals surface area contributed by atoms with Gasteiger partial charge in [-0.15, -0.1) is 11.5 Å². The van der Waals surface area contributed by atoms with Crippen molar-refractivity contribution in [2.75, 3.05) is 0 Å². The summed E-state index contributed by atoms with van der Waals surface area (Å²) in [5, 5.41) is 21.7. The molecule has 3 rings (SSSR count). The molecule has 36 heavy (non-hydrogen) atoms. The molecule has 0 heterocycles. The molecule has 0 atom stereocenters. The molecule has 3 aromatic rings. The standard InChI is InChI=1S/C20H24N2.C11H16O2.Ni/c1-2-3-4-7-16-20(22-19-14-10-6-11-15-19)17-21-18-12-8-5-9-13-18;1-2-3-4-5-9-6-7-10(12)11(13)8-9;/h5-6,8-15,17H,2-4,7,16H2,1H3;6-8,12-13H,2-5H2,1H3;/q;;+2/p-2. The van der Waals surface area contributed by atoms with Crippen molar-refractivity contribution in [1.82, 2.24) is 0 Å². The third kappa shape index (κ3) is 13.3. The molecule has 0 saturated carbocycles. The molecule has 0 aliphatic rings. The second-order valence-corrected chi connectivity index (χ2v) is 8.58. The Morgan fingerprint density at radius 3 is 1.92 bits per heavy atom. The molecule has 0 N–H and O–H groups in total. The Kier molecular flexibility index (Phi) is 16.7. The Bertz CT molecular complexity index is 1020. The molecular weight excluding hydrogens is 491 g/mol. The van der Waals surface area contributed by atoms with Crippen molar-refractivity contribution >= 4 is 23.3 Å². The summed E-state index contributed by atoms with van der Waals surface area (Å²) in [6, 6.07) is 24.7. The summed E-state index contributed by atoms with van der Waals surface area (Å²) in [6.07, 6.45) is 12.2. The molecule has 0 radical (unpaired) electrons. The topological polar surface area (TPSA) is 70.8 Å². The third-order valence-corrected chi connectivity index (χ3v) is 5.51. The van der Waals surface area contributed by atoms with Gasteiger partial charge in [0, 0.05) is 6.21 Å². The maximum Gasteiger partial charge on any atom is 2.00 e. The van der Waals surface area contributed by atoms with Gasteiger partial charge in [0.25, 0.3) is 0 Å². The van der Waals surface area contributed by atoms with Crippen LogP contribution in [0.1, 0.15) is 70.8 Å². The van der Waals surface area contributed by atoms with Gasteiger partial charge >= 0.3 is 16.5 Å². The number of hydrogen-bond acceptors (Lipinski definition) is 4. The largest absolute Gasteiger partial charge is 2.00 e. The number of aliphatic imine (C=N–C) groups is 2. The normalized spacial score (nSPS) is 11.0. The second kappa shape index (κ2) is 19.3. The van der Waals surface area contributed by atoms with E-state index in [9.17, 15) is 10.2 Å². The fraction of sp³-hybridized carbons (Fsp3) is 0.355. The number of unbranched alkanes of at least 4 members (excludes halogenated alkanes) is 5. The van der Waals surface area contributed by atoms with Crippen LogP contribution in [0.5, 0.6) is 11.5 Å². The van der Waals surface area contributed by atoms with E-state index >= 15 is 0 Å². The van der Waals surface area contributed by atoms with Crippen LogP contribution in [0.4, 0.5) is 11.4 Å². The van der Waals surface area contributed by atoms with Gasteiger partial charge in [-0.3, -0.25) is 9.98 Å². The molecular formula is C31H38N2NiO2. The number of rotatable bonds is 12. The minimum absolute atomic E-state index is 0. The van der Waals surface area contributed by atoms with Gasteiger partial charge in [0.2, 0.25) is 0 Å². The Morgan fingerprint density at radius 1 is 0.694 bits per heavy atom. The van der Waals surface area contributed by atoms with E-state index in [0.29, 0.717) is 0 Å². The SMILES string of the molecule is CCCCCCC(C=Nc1ccccc1)=Nc1ccccc1.CCCCCc1ccc([O-])c([O-])c1.[Ni+2]. The van der Waals surface area contributed by atoms with Crippen LogP contribution in [0.25, 0.3) is 0 Å². The Labute approximate surface area is 227 Å². The van der Waals surface area contributed by atoms with Gasteiger partial charge in [0.15, 0.2) is 0 Å². The van der Waals surface area contributed by atoms with E-state index in [1.807, 2.05) is 66.9 Å². The molecule has 5 heteroatoms. The zero-order valence-electron chi connectivity index (χ0n) is 21.5. The van der Waals surface area contributed by atoms with Gasteiger partial charge in [-0.25, -0.2) is 0 Å². The molecule has 0 saturated heterocycles. The molecule has 4 nitrogen and oxygen atoms in total. The van der Waals surface area contributed by atoms with E-state index in [2.05, 4.69) is 18.8 Å². The zero-order chi connectivity index (χ0) is 25.1.